The van der Waals surface area contributed by atoms with Crippen LogP contribution in [0, 0.1) is 0 Å². The molecule has 2 aromatic rings. The maximum absolute atomic E-state index is 11.8. The van der Waals surface area contributed by atoms with Crippen LogP contribution in [0.5, 0.6) is 0 Å². The Morgan fingerprint density at radius 2 is 2.12 bits per heavy atom. The number of ether oxygens (including phenoxy) is 1. The third-order valence-corrected chi connectivity index (χ3v) is 6.80. The van der Waals surface area contributed by atoms with E-state index < -0.39 is 0 Å². The first kappa shape index (κ1) is 16.1. The Hall–Kier alpha value is -1.34. The van der Waals surface area contributed by atoms with E-state index in [-0.39, 0.29) is 11.2 Å². The third kappa shape index (κ3) is 3.37. The molecule has 0 N–H and O–H groups in total. The highest BCUT2D eigenvalue weighted by molar-refractivity contribution is 8.00. The molecule has 4 rings (SSSR count). The second-order valence-corrected chi connectivity index (χ2v) is 8.58. The third-order valence-electron chi connectivity index (χ3n) is 4.72. The zero-order chi connectivity index (χ0) is 16.4. The summed E-state index contributed by atoms with van der Waals surface area (Å²) in [5.74, 6) is 0.913. The summed E-state index contributed by atoms with van der Waals surface area (Å²) in [6.07, 6.45) is 7.78. The highest BCUT2D eigenvalue weighted by atomic mass is 32.2. The van der Waals surface area contributed by atoms with Crippen LogP contribution in [0.3, 0.4) is 0 Å². The van der Waals surface area contributed by atoms with Crippen molar-refractivity contribution in [2.75, 3.05) is 6.61 Å². The number of cyclic esters (lactones) is 1. The van der Waals surface area contributed by atoms with Crippen molar-refractivity contribution in [3.8, 4) is 0 Å². The summed E-state index contributed by atoms with van der Waals surface area (Å²) in [7, 11) is 0. The van der Waals surface area contributed by atoms with Crippen molar-refractivity contribution >= 4 is 29.1 Å². The van der Waals surface area contributed by atoms with Gasteiger partial charge < -0.3 is 9.30 Å². The molecule has 128 valence electrons. The molecule has 2 fully saturated rings. The Balaban J connectivity index is 1.62. The molecule has 0 amide bonds. The van der Waals surface area contributed by atoms with Gasteiger partial charge in [0.25, 0.3) is 0 Å². The van der Waals surface area contributed by atoms with E-state index in [1.807, 2.05) is 0 Å². The molecular weight excluding hydrogens is 342 g/mol. The number of thioether (sulfide) groups is 1. The molecule has 1 saturated carbocycles. The van der Waals surface area contributed by atoms with Gasteiger partial charge in [0.15, 0.2) is 5.16 Å². The van der Waals surface area contributed by atoms with E-state index >= 15 is 0 Å². The fraction of sp³-hybridized carbons (Fsp3) is 0.588. The highest BCUT2D eigenvalue weighted by Gasteiger charge is 2.31. The van der Waals surface area contributed by atoms with E-state index in [2.05, 4.69) is 32.3 Å². The maximum atomic E-state index is 11.8. The van der Waals surface area contributed by atoms with Gasteiger partial charge in [-0.1, -0.05) is 37.1 Å². The fourth-order valence-electron chi connectivity index (χ4n) is 3.49. The molecule has 0 spiro atoms. The summed E-state index contributed by atoms with van der Waals surface area (Å²) < 4.78 is 7.41. The van der Waals surface area contributed by atoms with E-state index in [0.717, 1.165) is 23.8 Å². The first-order valence-electron chi connectivity index (χ1n) is 8.61. The van der Waals surface area contributed by atoms with E-state index in [4.69, 9.17) is 4.74 Å². The quantitative estimate of drug-likeness (QED) is 0.756. The zero-order valence-corrected chi connectivity index (χ0v) is 15.2. The van der Waals surface area contributed by atoms with Gasteiger partial charge in [0, 0.05) is 23.8 Å². The smallest absolute Gasteiger partial charge is 0.319 e. The topological polar surface area (TPSA) is 57.0 Å². The van der Waals surface area contributed by atoms with Crippen LogP contribution in [-0.2, 0) is 16.0 Å². The maximum Gasteiger partial charge on any atom is 0.319 e. The molecule has 1 saturated heterocycles. The van der Waals surface area contributed by atoms with Crippen LogP contribution in [-0.4, -0.2) is 32.6 Å². The summed E-state index contributed by atoms with van der Waals surface area (Å²) in [6.45, 7) is 0.524. The zero-order valence-electron chi connectivity index (χ0n) is 13.5. The van der Waals surface area contributed by atoms with Crippen molar-refractivity contribution in [1.82, 2.24) is 14.8 Å². The number of nitrogens with zero attached hydrogens (tertiary/aromatic N) is 3. The van der Waals surface area contributed by atoms with Crippen molar-refractivity contribution in [2.45, 2.75) is 61.4 Å². The summed E-state index contributed by atoms with van der Waals surface area (Å²) in [5, 5.41) is 11.8. The van der Waals surface area contributed by atoms with E-state index in [0.29, 0.717) is 12.6 Å². The monoisotopic (exact) mass is 363 g/mol. The molecule has 24 heavy (non-hydrogen) atoms. The number of esters is 1. The minimum atomic E-state index is -0.133. The molecule has 1 aliphatic carbocycles. The molecule has 0 bridgehead atoms. The lowest BCUT2D eigenvalue weighted by molar-refractivity contribution is -0.137. The van der Waals surface area contributed by atoms with Gasteiger partial charge in [-0.2, -0.15) is 0 Å². The summed E-state index contributed by atoms with van der Waals surface area (Å²) in [6, 6.07) is 4.68. The predicted molar refractivity (Wildman–Crippen MR) is 94.5 cm³/mol. The van der Waals surface area contributed by atoms with Crippen molar-refractivity contribution in [3.63, 3.8) is 0 Å². The number of carbonyl (C=O) groups is 1. The van der Waals surface area contributed by atoms with Crippen LogP contribution < -0.4 is 0 Å². The average molecular weight is 364 g/mol. The molecule has 7 heteroatoms. The average Bonchev–Trinajstić information content (AvgIpc) is 3.33. The lowest BCUT2D eigenvalue weighted by Gasteiger charge is -2.25. The normalized spacial score (nSPS) is 22.0. The number of thiophene rings is 1. The Kier molecular flexibility index (Phi) is 4.89. The minimum Gasteiger partial charge on any atom is -0.465 e. The van der Waals surface area contributed by atoms with Gasteiger partial charge in [-0.3, -0.25) is 4.79 Å². The van der Waals surface area contributed by atoms with Gasteiger partial charge in [0.05, 0.1) is 6.61 Å². The van der Waals surface area contributed by atoms with E-state index in [1.54, 1.807) is 11.3 Å². The molecule has 2 aliphatic rings. The first-order chi connectivity index (χ1) is 11.8. The van der Waals surface area contributed by atoms with Crippen molar-refractivity contribution in [2.24, 2.45) is 0 Å². The number of rotatable bonds is 5. The number of hydrogen-bond donors (Lipinski definition) is 0. The SMILES string of the molecule is O=C1OCC[C@@H]1Sc1nnc(Cc2cccs2)n1C1CCCCC1. The van der Waals surface area contributed by atoms with Crippen LogP contribution in [0.2, 0.25) is 0 Å². The van der Waals surface area contributed by atoms with Crippen molar-refractivity contribution in [3.05, 3.63) is 28.2 Å². The largest absolute Gasteiger partial charge is 0.465 e. The van der Waals surface area contributed by atoms with Crippen molar-refractivity contribution < 1.29 is 9.53 Å². The lowest BCUT2D eigenvalue weighted by atomic mass is 9.95. The first-order valence-corrected chi connectivity index (χ1v) is 10.4. The summed E-state index contributed by atoms with van der Waals surface area (Å²) in [5.41, 5.74) is 0. The standard InChI is InChI=1S/C17H21N3O2S2/c21-16-14(8-9-22-16)24-17-19-18-15(11-13-7-4-10-23-13)20(17)12-5-2-1-3-6-12/h4,7,10,12,14H,1-3,5-6,8-9,11H2/t14-/m0/s1. The molecular formula is C17H21N3O2S2. The minimum absolute atomic E-state index is 0.113. The van der Waals surface area contributed by atoms with Crippen LogP contribution in [0.25, 0.3) is 0 Å². The number of hydrogen-bond acceptors (Lipinski definition) is 6. The second kappa shape index (κ2) is 7.27. The van der Waals surface area contributed by atoms with Crippen LogP contribution in [0.4, 0.5) is 0 Å². The summed E-state index contributed by atoms with van der Waals surface area (Å²) in [4.78, 5) is 13.1. The van der Waals surface area contributed by atoms with Gasteiger partial charge in [0.1, 0.15) is 11.1 Å². The van der Waals surface area contributed by atoms with Crippen LogP contribution in [0.15, 0.2) is 22.7 Å². The van der Waals surface area contributed by atoms with Crippen molar-refractivity contribution in [1.29, 1.82) is 0 Å². The molecule has 5 nitrogen and oxygen atoms in total. The van der Waals surface area contributed by atoms with E-state index in [9.17, 15) is 4.79 Å². The van der Waals surface area contributed by atoms with Crippen LogP contribution in [0.1, 0.15) is 55.3 Å². The van der Waals surface area contributed by atoms with Gasteiger partial charge >= 0.3 is 5.97 Å². The molecule has 3 heterocycles. The Morgan fingerprint density at radius 3 is 2.83 bits per heavy atom. The Morgan fingerprint density at radius 1 is 1.25 bits per heavy atom. The Bertz CT molecular complexity index is 693. The predicted octanol–water partition coefficient (Wildman–Crippen LogP) is 3.84. The molecule has 0 aromatic carbocycles. The molecule has 1 atom stereocenters. The van der Waals surface area contributed by atoms with Gasteiger partial charge in [0.2, 0.25) is 0 Å². The summed E-state index contributed by atoms with van der Waals surface area (Å²) >= 11 is 3.28. The molecule has 0 radical (unpaired) electrons. The van der Waals surface area contributed by atoms with Gasteiger partial charge in [-0.05, 0) is 24.3 Å². The lowest BCUT2D eigenvalue weighted by Crippen LogP contribution is -2.18. The molecule has 2 aromatic heterocycles. The fourth-order valence-corrected chi connectivity index (χ4v) is 5.29. The molecule has 1 aliphatic heterocycles. The van der Waals surface area contributed by atoms with Gasteiger partial charge in [-0.25, -0.2) is 0 Å². The van der Waals surface area contributed by atoms with Gasteiger partial charge in [-0.15, -0.1) is 21.5 Å². The second-order valence-electron chi connectivity index (χ2n) is 6.38. The van der Waals surface area contributed by atoms with E-state index in [1.165, 1.54) is 48.7 Å². The number of aromatic nitrogens is 3. The highest BCUT2D eigenvalue weighted by Crippen LogP contribution is 2.36. The van der Waals surface area contributed by atoms with Crippen LogP contribution >= 0.6 is 23.1 Å². The Labute approximate surface area is 149 Å². The number of carbonyl (C=O) groups excluding carboxylic acids is 1. The molecule has 0 unspecified atom stereocenters.